The van der Waals surface area contributed by atoms with Gasteiger partial charge in [0.1, 0.15) is 42.4 Å². The summed E-state index contributed by atoms with van der Waals surface area (Å²) in [7, 11) is 0. The van der Waals surface area contributed by atoms with Gasteiger partial charge in [0.25, 0.3) is 0 Å². The molecule has 3 aliphatic rings. The van der Waals surface area contributed by atoms with Gasteiger partial charge in [0.2, 0.25) is 35.4 Å². The van der Waals surface area contributed by atoms with Gasteiger partial charge in [0, 0.05) is 26.4 Å². The van der Waals surface area contributed by atoms with E-state index in [2.05, 4.69) is 21.3 Å². The predicted molar refractivity (Wildman–Crippen MR) is 183 cm³/mol. The minimum Gasteiger partial charge on any atom is -0.458 e. The molecule has 274 valence electrons. The van der Waals surface area contributed by atoms with Gasteiger partial charge in [0.15, 0.2) is 0 Å². The predicted octanol–water partition coefficient (Wildman–Crippen LogP) is 0.818. The van der Waals surface area contributed by atoms with E-state index in [0.717, 1.165) is 5.56 Å². The van der Waals surface area contributed by atoms with E-state index in [9.17, 15) is 33.6 Å². The lowest BCUT2D eigenvalue weighted by Crippen LogP contribution is -2.61. The third kappa shape index (κ3) is 8.99. The lowest BCUT2D eigenvalue weighted by Gasteiger charge is -2.35. The number of carbonyl (C=O) groups is 7. The minimum atomic E-state index is -1.37. The molecule has 1 aromatic carbocycles. The van der Waals surface area contributed by atoms with Gasteiger partial charge >= 0.3 is 5.97 Å². The molecule has 3 saturated heterocycles. The summed E-state index contributed by atoms with van der Waals surface area (Å²) in [6.45, 7) is 10.4. The van der Waals surface area contributed by atoms with E-state index in [1.807, 2.05) is 44.2 Å². The second-order valence-electron chi connectivity index (χ2n) is 14.1. The van der Waals surface area contributed by atoms with E-state index in [0.29, 0.717) is 45.2 Å². The van der Waals surface area contributed by atoms with Crippen LogP contribution in [0.5, 0.6) is 0 Å². The van der Waals surface area contributed by atoms with Gasteiger partial charge in [-0.15, -0.1) is 0 Å². The van der Waals surface area contributed by atoms with Gasteiger partial charge in [-0.05, 0) is 50.0 Å². The Morgan fingerprint density at radius 3 is 2.04 bits per heavy atom. The Hall–Kier alpha value is -4.49. The Morgan fingerprint density at radius 1 is 0.840 bits per heavy atom. The highest BCUT2D eigenvalue weighted by molar-refractivity contribution is 5.98. The Balaban J connectivity index is 1.76. The second kappa shape index (κ2) is 16.9. The molecule has 14 heteroatoms. The van der Waals surface area contributed by atoms with E-state index in [1.165, 1.54) is 23.6 Å². The van der Waals surface area contributed by atoms with Crippen molar-refractivity contribution in [2.24, 2.45) is 11.8 Å². The molecule has 0 radical (unpaired) electrons. The highest BCUT2D eigenvalue weighted by Gasteiger charge is 2.45. The van der Waals surface area contributed by atoms with Gasteiger partial charge in [-0.25, -0.2) is 4.79 Å². The van der Waals surface area contributed by atoms with Gasteiger partial charge in [-0.1, -0.05) is 64.4 Å². The Kier molecular flexibility index (Phi) is 13.0. The zero-order valence-corrected chi connectivity index (χ0v) is 29.9. The van der Waals surface area contributed by atoms with Crippen molar-refractivity contribution in [2.75, 3.05) is 13.1 Å². The molecule has 1 aromatic rings. The van der Waals surface area contributed by atoms with Crippen LogP contribution in [0.4, 0.5) is 0 Å². The molecule has 3 aliphatic heterocycles. The molecule has 0 spiro atoms. The molecule has 4 rings (SSSR count). The maximum absolute atomic E-state index is 14.2. The number of hydrogen-bond acceptors (Lipinski definition) is 8. The molecule has 0 aliphatic carbocycles. The van der Waals surface area contributed by atoms with Crippen molar-refractivity contribution in [1.29, 1.82) is 0 Å². The maximum Gasteiger partial charge on any atom is 0.329 e. The number of nitrogens with one attached hydrogen (secondary N) is 4. The highest BCUT2D eigenvalue weighted by Crippen LogP contribution is 2.27. The normalized spacial score (nSPS) is 29.5. The molecular weight excluding hydrogens is 644 g/mol. The van der Waals surface area contributed by atoms with Crippen molar-refractivity contribution in [3.8, 4) is 0 Å². The summed E-state index contributed by atoms with van der Waals surface area (Å²) in [5.41, 5.74) is 0.767. The largest absolute Gasteiger partial charge is 0.458 e. The molecule has 3 heterocycles. The summed E-state index contributed by atoms with van der Waals surface area (Å²) in [5.74, 6) is -4.86. The third-order valence-electron chi connectivity index (χ3n) is 9.98. The molecule has 8 atom stereocenters. The minimum absolute atomic E-state index is 0.113. The fraction of sp³-hybridized carbons (Fsp3) is 0.639. The molecule has 0 saturated carbocycles. The van der Waals surface area contributed by atoms with E-state index in [4.69, 9.17) is 4.74 Å². The van der Waals surface area contributed by atoms with Crippen molar-refractivity contribution in [1.82, 2.24) is 31.1 Å². The molecule has 0 bridgehead atoms. The number of amides is 6. The number of rotatable bonds is 6. The van der Waals surface area contributed by atoms with E-state index in [1.54, 1.807) is 13.8 Å². The number of nitrogens with zero attached hydrogens (tertiary/aromatic N) is 2. The van der Waals surface area contributed by atoms with Crippen LogP contribution in [0, 0.1) is 11.8 Å². The fourth-order valence-corrected chi connectivity index (χ4v) is 6.90. The second-order valence-corrected chi connectivity index (χ2v) is 14.1. The number of carbonyl (C=O) groups excluding carboxylic acids is 7. The van der Waals surface area contributed by atoms with Crippen molar-refractivity contribution < 1.29 is 38.3 Å². The average Bonchev–Trinajstić information content (AvgIpc) is 3.78. The van der Waals surface area contributed by atoms with Crippen LogP contribution >= 0.6 is 0 Å². The van der Waals surface area contributed by atoms with Crippen LogP contribution in [0.15, 0.2) is 30.3 Å². The lowest BCUT2D eigenvalue weighted by atomic mass is 9.96. The smallest absolute Gasteiger partial charge is 0.329 e. The molecule has 50 heavy (non-hydrogen) atoms. The molecule has 3 fully saturated rings. The van der Waals surface area contributed by atoms with Crippen LogP contribution in [0.3, 0.4) is 0 Å². The number of hydrogen-bond donors (Lipinski definition) is 4. The molecule has 0 aromatic heterocycles. The lowest BCUT2D eigenvalue weighted by molar-refractivity contribution is -0.157. The Labute approximate surface area is 293 Å². The summed E-state index contributed by atoms with van der Waals surface area (Å²) in [6.07, 6.45) is 1.34. The first-order valence-corrected chi connectivity index (χ1v) is 17.8. The zero-order valence-electron chi connectivity index (χ0n) is 29.9. The van der Waals surface area contributed by atoms with Crippen LogP contribution in [0.1, 0.15) is 79.2 Å². The Morgan fingerprint density at radius 2 is 1.44 bits per heavy atom. The first kappa shape index (κ1) is 38.3. The van der Waals surface area contributed by atoms with Crippen LogP contribution < -0.4 is 21.3 Å². The summed E-state index contributed by atoms with van der Waals surface area (Å²) < 4.78 is 5.72. The van der Waals surface area contributed by atoms with Crippen LogP contribution in [0.25, 0.3) is 0 Å². The van der Waals surface area contributed by atoms with Gasteiger partial charge in [0.05, 0.1) is 0 Å². The Bertz CT molecular complexity index is 1440. The molecule has 6 amide bonds. The fourth-order valence-electron chi connectivity index (χ4n) is 6.90. The number of esters is 1. The quantitative estimate of drug-likeness (QED) is 0.315. The molecular formula is C36H52N6O8. The van der Waals surface area contributed by atoms with Gasteiger partial charge in [-0.2, -0.15) is 0 Å². The van der Waals surface area contributed by atoms with E-state index in [-0.39, 0.29) is 18.2 Å². The van der Waals surface area contributed by atoms with Crippen LogP contribution in [0.2, 0.25) is 0 Å². The maximum atomic E-state index is 14.2. The van der Waals surface area contributed by atoms with Crippen LogP contribution in [-0.4, -0.2) is 107 Å². The van der Waals surface area contributed by atoms with Gasteiger partial charge in [-0.3, -0.25) is 28.8 Å². The number of ether oxygens (including phenoxy) is 1. The van der Waals surface area contributed by atoms with Gasteiger partial charge < -0.3 is 35.8 Å². The highest BCUT2D eigenvalue weighted by atomic mass is 16.5. The average molecular weight is 697 g/mol. The summed E-state index contributed by atoms with van der Waals surface area (Å²) in [6, 6.07) is 2.73. The topological polar surface area (TPSA) is 183 Å². The summed E-state index contributed by atoms with van der Waals surface area (Å²) in [4.78, 5) is 98.8. The first-order chi connectivity index (χ1) is 23.7. The van der Waals surface area contributed by atoms with Crippen molar-refractivity contribution in [3.63, 3.8) is 0 Å². The molecule has 14 nitrogen and oxygen atoms in total. The summed E-state index contributed by atoms with van der Waals surface area (Å²) >= 11 is 0. The monoisotopic (exact) mass is 696 g/mol. The van der Waals surface area contributed by atoms with Crippen molar-refractivity contribution >= 4 is 41.4 Å². The zero-order chi connectivity index (χ0) is 36.7. The number of benzene rings is 1. The van der Waals surface area contributed by atoms with E-state index >= 15 is 0 Å². The van der Waals surface area contributed by atoms with E-state index < -0.39 is 83.8 Å². The molecule has 4 N–H and O–H groups in total. The van der Waals surface area contributed by atoms with Crippen LogP contribution in [-0.2, 0) is 44.7 Å². The number of cyclic esters (lactones) is 1. The first-order valence-electron chi connectivity index (χ1n) is 17.8. The van der Waals surface area contributed by atoms with Crippen molar-refractivity contribution in [3.05, 3.63) is 35.9 Å². The third-order valence-corrected chi connectivity index (χ3v) is 9.98. The van der Waals surface area contributed by atoms with Crippen molar-refractivity contribution in [2.45, 2.75) is 122 Å². The standard InChI is InChI=1S/C36H52N6O8/c1-7-21(4)29-35(48)42-18-12-16-27(42)34(47)41-17-11-15-26(41)32(45)38-25(19-24-13-9-8-10-14-24)31(44)39-28(20(2)3)36(49)50-22(5)30(33(46)40-29)37-23(6)43/h8-10,13-14,20-22,25-30H,7,11-12,15-19H2,1-6H3,(H,37,43)(H,38,45)(H,39,44)(H,40,46)/t21-,22+,25-,26-,27-,28-,29?,30?/m0/s1. The SMILES string of the molecule is CC[C@H](C)C1NC(=O)C(NC(C)=O)[C@@H](C)OC(=O)[C@H](C(C)C)NC(=O)[C@H](Cc2ccccc2)NC(=O)[C@@H]2CCCN2C(=O)[C@@H]2CCCN2C1=O. The molecule has 2 unspecified atom stereocenters. The summed E-state index contributed by atoms with van der Waals surface area (Å²) in [5, 5.41) is 10.9. The number of fused-ring (bicyclic) bond motifs is 2.